The summed E-state index contributed by atoms with van der Waals surface area (Å²) >= 11 is 0. The molecule has 1 aliphatic carbocycles. The maximum absolute atomic E-state index is 12.3. The number of nitrogens with one attached hydrogen (secondary N) is 2. The molecular formula is C21H26N4O2. The minimum atomic E-state index is -0.131. The van der Waals surface area contributed by atoms with Crippen LogP contribution in [0.3, 0.4) is 0 Å². The molecule has 6 heteroatoms. The zero-order valence-electron chi connectivity index (χ0n) is 15.5. The Kier molecular flexibility index (Phi) is 5.25. The van der Waals surface area contributed by atoms with E-state index in [1.54, 1.807) is 6.20 Å². The van der Waals surface area contributed by atoms with Gasteiger partial charge in [-0.05, 0) is 24.5 Å². The molecule has 4 rings (SSSR count). The molecule has 0 radical (unpaired) electrons. The second-order valence-corrected chi connectivity index (χ2v) is 7.27. The highest BCUT2D eigenvalue weighted by Gasteiger charge is 2.44. The van der Waals surface area contributed by atoms with E-state index < -0.39 is 0 Å². The van der Waals surface area contributed by atoms with Gasteiger partial charge in [0.05, 0.1) is 13.2 Å². The SMILES string of the molecule is O=C(NCc1cccnc1N1CCOCC1)NCC1(c2ccccc2)CC1. The van der Waals surface area contributed by atoms with Crippen molar-refractivity contribution < 1.29 is 9.53 Å². The molecule has 2 N–H and O–H groups in total. The van der Waals surface area contributed by atoms with E-state index in [1.165, 1.54) is 5.56 Å². The van der Waals surface area contributed by atoms with E-state index in [1.807, 2.05) is 18.2 Å². The van der Waals surface area contributed by atoms with Gasteiger partial charge in [-0.3, -0.25) is 0 Å². The normalized spacial score (nSPS) is 18.0. The first-order valence-electron chi connectivity index (χ1n) is 9.61. The number of ether oxygens (including phenoxy) is 1. The van der Waals surface area contributed by atoms with Crippen LogP contribution in [0.4, 0.5) is 10.6 Å². The first kappa shape index (κ1) is 17.8. The van der Waals surface area contributed by atoms with Crippen molar-refractivity contribution in [1.82, 2.24) is 15.6 Å². The Morgan fingerprint density at radius 2 is 1.85 bits per heavy atom. The Morgan fingerprint density at radius 1 is 1.07 bits per heavy atom. The Bertz CT molecular complexity index is 771. The zero-order chi connectivity index (χ0) is 18.5. The van der Waals surface area contributed by atoms with Gasteiger partial charge in [-0.15, -0.1) is 0 Å². The number of anilines is 1. The summed E-state index contributed by atoms with van der Waals surface area (Å²) < 4.78 is 5.42. The first-order valence-corrected chi connectivity index (χ1v) is 9.61. The lowest BCUT2D eigenvalue weighted by molar-refractivity contribution is 0.122. The van der Waals surface area contributed by atoms with Crippen LogP contribution in [-0.2, 0) is 16.7 Å². The smallest absolute Gasteiger partial charge is 0.315 e. The second kappa shape index (κ2) is 7.96. The molecule has 1 aromatic carbocycles. The summed E-state index contributed by atoms with van der Waals surface area (Å²) in [6.45, 7) is 4.22. The maximum Gasteiger partial charge on any atom is 0.315 e. The molecule has 1 saturated carbocycles. The third-order valence-corrected chi connectivity index (χ3v) is 5.44. The molecule has 0 bridgehead atoms. The molecule has 2 amide bonds. The highest BCUT2D eigenvalue weighted by atomic mass is 16.5. The van der Waals surface area contributed by atoms with E-state index in [0.29, 0.717) is 26.3 Å². The van der Waals surface area contributed by atoms with Crippen molar-refractivity contribution in [3.8, 4) is 0 Å². The summed E-state index contributed by atoms with van der Waals surface area (Å²) in [6.07, 6.45) is 4.05. The van der Waals surface area contributed by atoms with Gasteiger partial charge < -0.3 is 20.3 Å². The summed E-state index contributed by atoms with van der Waals surface area (Å²) in [5.41, 5.74) is 2.46. The lowest BCUT2D eigenvalue weighted by Gasteiger charge is -2.29. The topological polar surface area (TPSA) is 66.5 Å². The first-order chi connectivity index (χ1) is 13.3. The van der Waals surface area contributed by atoms with Gasteiger partial charge >= 0.3 is 6.03 Å². The second-order valence-electron chi connectivity index (χ2n) is 7.27. The van der Waals surface area contributed by atoms with Crippen LogP contribution >= 0.6 is 0 Å². The lowest BCUT2D eigenvalue weighted by atomic mass is 9.96. The number of nitrogens with zero attached hydrogens (tertiary/aromatic N) is 2. The van der Waals surface area contributed by atoms with Gasteiger partial charge in [0.15, 0.2) is 0 Å². The van der Waals surface area contributed by atoms with E-state index in [4.69, 9.17) is 4.74 Å². The van der Waals surface area contributed by atoms with Crippen LogP contribution in [0.2, 0.25) is 0 Å². The molecule has 1 aromatic heterocycles. The van der Waals surface area contributed by atoms with E-state index in [0.717, 1.165) is 37.3 Å². The van der Waals surface area contributed by atoms with Crippen LogP contribution in [0.15, 0.2) is 48.7 Å². The minimum absolute atomic E-state index is 0.117. The van der Waals surface area contributed by atoms with Gasteiger partial charge in [0.1, 0.15) is 5.82 Å². The van der Waals surface area contributed by atoms with Crippen molar-refractivity contribution in [3.05, 3.63) is 59.8 Å². The molecule has 0 spiro atoms. The number of hydrogen-bond donors (Lipinski definition) is 2. The van der Waals surface area contributed by atoms with Gasteiger partial charge in [0.25, 0.3) is 0 Å². The fraction of sp³-hybridized carbons (Fsp3) is 0.429. The van der Waals surface area contributed by atoms with E-state index in [2.05, 4.69) is 44.8 Å². The predicted octanol–water partition coefficient (Wildman–Crippen LogP) is 2.45. The molecule has 0 atom stereocenters. The third kappa shape index (κ3) is 4.22. The Balaban J connectivity index is 1.31. The number of amides is 2. The quantitative estimate of drug-likeness (QED) is 0.824. The number of rotatable bonds is 6. The summed E-state index contributed by atoms with van der Waals surface area (Å²) in [5, 5.41) is 6.03. The molecule has 1 saturated heterocycles. The summed E-state index contributed by atoms with van der Waals surface area (Å²) in [6, 6.07) is 14.2. The van der Waals surface area contributed by atoms with Crippen molar-refractivity contribution in [2.45, 2.75) is 24.8 Å². The molecule has 142 valence electrons. The Hall–Kier alpha value is -2.60. The maximum atomic E-state index is 12.3. The van der Waals surface area contributed by atoms with E-state index in [-0.39, 0.29) is 11.4 Å². The Labute approximate surface area is 159 Å². The van der Waals surface area contributed by atoms with E-state index in [9.17, 15) is 4.79 Å². The van der Waals surface area contributed by atoms with Crippen molar-refractivity contribution in [1.29, 1.82) is 0 Å². The van der Waals surface area contributed by atoms with Gasteiger partial charge in [-0.25, -0.2) is 9.78 Å². The molecule has 2 fully saturated rings. The summed E-state index contributed by atoms with van der Waals surface area (Å²) in [7, 11) is 0. The molecular weight excluding hydrogens is 340 g/mol. The third-order valence-electron chi connectivity index (χ3n) is 5.44. The molecule has 1 aliphatic heterocycles. The van der Waals surface area contributed by atoms with Crippen LogP contribution in [0.1, 0.15) is 24.0 Å². The predicted molar refractivity (Wildman–Crippen MR) is 105 cm³/mol. The summed E-state index contributed by atoms with van der Waals surface area (Å²) in [5.74, 6) is 0.934. The molecule has 2 aliphatic rings. The largest absolute Gasteiger partial charge is 0.378 e. The Morgan fingerprint density at radius 3 is 2.59 bits per heavy atom. The highest BCUT2D eigenvalue weighted by Crippen LogP contribution is 2.47. The van der Waals surface area contributed by atoms with Crippen molar-refractivity contribution in [3.63, 3.8) is 0 Å². The number of hydrogen-bond acceptors (Lipinski definition) is 4. The number of carbonyl (C=O) groups is 1. The van der Waals surface area contributed by atoms with Crippen molar-refractivity contribution >= 4 is 11.8 Å². The summed E-state index contributed by atoms with van der Waals surface area (Å²) in [4.78, 5) is 19.1. The van der Waals surface area contributed by atoms with Crippen LogP contribution in [-0.4, -0.2) is 43.9 Å². The average Bonchev–Trinajstić information content (AvgIpc) is 3.53. The molecule has 2 heterocycles. The van der Waals surface area contributed by atoms with Gasteiger partial charge in [0, 0.05) is 43.4 Å². The van der Waals surface area contributed by atoms with E-state index >= 15 is 0 Å². The standard InChI is InChI=1S/C21H26N4O2/c26-20(24-16-21(8-9-21)18-6-2-1-3-7-18)23-15-17-5-4-10-22-19(17)25-11-13-27-14-12-25/h1-7,10H,8-9,11-16H2,(H2,23,24,26). The number of pyridine rings is 1. The molecule has 0 unspecified atom stereocenters. The highest BCUT2D eigenvalue weighted by molar-refractivity contribution is 5.74. The molecule has 27 heavy (non-hydrogen) atoms. The number of aromatic nitrogens is 1. The number of urea groups is 1. The average molecular weight is 366 g/mol. The van der Waals surface area contributed by atoms with Crippen molar-refractivity contribution in [2.75, 3.05) is 37.7 Å². The number of carbonyl (C=O) groups excluding carboxylic acids is 1. The number of morpholine rings is 1. The van der Waals surface area contributed by atoms with Gasteiger partial charge in [-0.1, -0.05) is 36.4 Å². The monoisotopic (exact) mass is 366 g/mol. The lowest BCUT2D eigenvalue weighted by Crippen LogP contribution is -2.40. The van der Waals surface area contributed by atoms with Crippen LogP contribution in [0.5, 0.6) is 0 Å². The van der Waals surface area contributed by atoms with Crippen LogP contribution < -0.4 is 15.5 Å². The molecule has 6 nitrogen and oxygen atoms in total. The van der Waals surface area contributed by atoms with Crippen LogP contribution in [0.25, 0.3) is 0 Å². The number of benzene rings is 1. The zero-order valence-corrected chi connectivity index (χ0v) is 15.5. The fourth-order valence-electron chi connectivity index (χ4n) is 3.63. The van der Waals surface area contributed by atoms with Crippen LogP contribution in [0, 0.1) is 0 Å². The fourth-order valence-corrected chi connectivity index (χ4v) is 3.63. The van der Waals surface area contributed by atoms with Gasteiger partial charge in [-0.2, -0.15) is 0 Å². The van der Waals surface area contributed by atoms with Gasteiger partial charge in [0.2, 0.25) is 0 Å². The van der Waals surface area contributed by atoms with Crippen molar-refractivity contribution in [2.24, 2.45) is 0 Å². The minimum Gasteiger partial charge on any atom is -0.378 e. The molecule has 2 aromatic rings.